The van der Waals surface area contributed by atoms with Crippen LogP contribution in [0.5, 0.6) is 0 Å². The van der Waals surface area contributed by atoms with E-state index in [1.54, 1.807) is 6.20 Å². The van der Waals surface area contributed by atoms with Crippen molar-refractivity contribution in [3.05, 3.63) is 17.8 Å². The van der Waals surface area contributed by atoms with Gasteiger partial charge in [-0.3, -0.25) is 4.57 Å². The standard InChI is InChI=1S/C13H18N4O/c1-8-6-7-15-12-11(8)16-13(14)17(12)9-2-4-10(18)5-3-9/h6-7,9-10,18H,2-5H2,1H3,(H2,14,16). The first-order valence-electron chi connectivity index (χ1n) is 6.44. The normalized spacial score (nSPS) is 24.6. The third-order valence-electron chi connectivity index (χ3n) is 3.84. The summed E-state index contributed by atoms with van der Waals surface area (Å²) in [7, 11) is 0. The Hall–Kier alpha value is -1.62. The van der Waals surface area contributed by atoms with Crippen LogP contribution in [0, 0.1) is 6.92 Å². The maximum atomic E-state index is 9.58. The van der Waals surface area contributed by atoms with Gasteiger partial charge in [-0.05, 0) is 44.2 Å². The highest BCUT2D eigenvalue weighted by Crippen LogP contribution is 2.33. The number of aromatic nitrogens is 3. The molecule has 1 fully saturated rings. The molecule has 0 aromatic carbocycles. The lowest BCUT2D eigenvalue weighted by atomic mass is 9.93. The molecule has 5 heteroatoms. The molecule has 3 rings (SSSR count). The summed E-state index contributed by atoms with van der Waals surface area (Å²) >= 11 is 0. The Morgan fingerprint density at radius 2 is 2.06 bits per heavy atom. The fourth-order valence-corrected chi connectivity index (χ4v) is 2.80. The van der Waals surface area contributed by atoms with Crippen LogP contribution in [0.3, 0.4) is 0 Å². The van der Waals surface area contributed by atoms with E-state index in [2.05, 4.69) is 9.97 Å². The fourth-order valence-electron chi connectivity index (χ4n) is 2.80. The second-order valence-electron chi connectivity index (χ2n) is 5.10. The minimum Gasteiger partial charge on any atom is -0.393 e. The molecule has 0 saturated heterocycles. The van der Waals surface area contributed by atoms with E-state index in [0.717, 1.165) is 42.4 Å². The number of pyridine rings is 1. The van der Waals surface area contributed by atoms with Crippen LogP contribution in [0.4, 0.5) is 5.95 Å². The van der Waals surface area contributed by atoms with Gasteiger partial charge in [-0.1, -0.05) is 0 Å². The number of nitrogens with two attached hydrogens (primary N) is 1. The molecule has 0 bridgehead atoms. The number of rotatable bonds is 1. The van der Waals surface area contributed by atoms with Crippen LogP contribution in [0.1, 0.15) is 37.3 Å². The molecular weight excluding hydrogens is 228 g/mol. The number of anilines is 1. The van der Waals surface area contributed by atoms with Crippen molar-refractivity contribution < 1.29 is 5.11 Å². The van der Waals surface area contributed by atoms with E-state index in [1.807, 2.05) is 17.6 Å². The largest absolute Gasteiger partial charge is 0.393 e. The summed E-state index contributed by atoms with van der Waals surface area (Å²) in [5, 5.41) is 9.58. The van der Waals surface area contributed by atoms with Gasteiger partial charge in [0.05, 0.1) is 6.10 Å². The van der Waals surface area contributed by atoms with Crippen molar-refractivity contribution >= 4 is 17.1 Å². The Morgan fingerprint density at radius 3 is 2.78 bits per heavy atom. The van der Waals surface area contributed by atoms with E-state index in [0.29, 0.717) is 12.0 Å². The molecule has 0 aliphatic heterocycles. The molecule has 0 atom stereocenters. The predicted molar refractivity (Wildman–Crippen MR) is 70.2 cm³/mol. The number of nitrogen functional groups attached to an aromatic ring is 1. The molecule has 5 nitrogen and oxygen atoms in total. The third-order valence-corrected chi connectivity index (χ3v) is 3.84. The summed E-state index contributed by atoms with van der Waals surface area (Å²) in [6, 6.07) is 2.26. The first-order chi connectivity index (χ1) is 8.66. The number of aryl methyl sites for hydroxylation is 1. The van der Waals surface area contributed by atoms with Gasteiger partial charge in [0.2, 0.25) is 5.95 Å². The maximum Gasteiger partial charge on any atom is 0.202 e. The highest BCUT2D eigenvalue weighted by atomic mass is 16.3. The van der Waals surface area contributed by atoms with Crippen LogP contribution in [0.15, 0.2) is 12.3 Å². The smallest absolute Gasteiger partial charge is 0.202 e. The van der Waals surface area contributed by atoms with Crippen LogP contribution < -0.4 is 5.73 Å². The van der Waals surface area contributed by atoms with Gasteiger partial charge in [-0.15, -0.1) is 0 Å². The average molecular weight is 246 g/mol. The van der Waals surface area contributed by atoms with E-state index in [4.69, 9.17) is 5.73 Å². The van der Waals surface area contributed by atoms with Gasteiger partial charge >= 0.3 is 0 Å². The lowest BCUT2D eigenvalue weighted by molar-refractivity contribution is 0.112. The predicted octanol–water partition coefficient (Wildman–Crippen LogP) is 1.80. The quantitative estimate of drug-likeness (QED) is 0.804. The molecule has 1 aliphatic carbocycles. The van der Waals surface area contributed by atoms with Crippen LogP contribution in [0.25, 0.3) is 11.2 Å². The zero-order valence-electron chi connectivity index (χ0n) is 10.5. The van der Waals surface area contributed by atoms with Gasteiger partial charge in [0.25, 0.3) is 0 Å². The molecule has 0 amide bonds. The highest BCUT2D eigenvalue weighted by Gasteiger charge is 2.24. The molecule has 96 valence electrons. The van der Waals surface area contributed by atoms with E-state index in [1.165, 1.54) is 0 Å². The van der Waals surface area contributed by atoms with Gasteiger partial charge in [-0.25, -0.2) is 9.97 Å². The molecule has 0 spiro atoms. The Balaban J connectivity index is 2.06. The van der Waals surface area contributed by atoms with Gasteiger partial charge in [0.15, 0.2) is 5.65 Å². The summed E-state index contributed by atoms with van der Waals surface area (Å²) < 4.78 is 2.04. The number of nitrogens with zero attached hydrogens (tertiary/aromatic N) is 3. The second-order valence-corrected chi connectivity index (χ2v) is 5.10. The molecule has 18 heavy (non-hydrogen) atoms. The zero-order valence-corrected chi connectivity index (χ0v) is 10.5. The van der Waals surface area contributed by atoms with Gasteiger partial charge < -0.3 is 10.8 Å². The first kappa shape index (κ1) is 11.5. The molecule has 3 N–H and O–H groups in total. The van der Waals surface area contributed by atoms with Gasteiger partial charge in [0, 0.05) is 12.2 Å². The number of fused-ring (bicyclic) bond motifs is 1. The zero-order chi connectivity index (χ0) is 12.7. The van der Waals surface area contributed by atoms with Crippen molar-refractivity contribution in [2.45, 2.75) is 44.8 Å². The molecule has 1 saturated carbocycles. The minimum atomic E-state index is -0.160. The monoisotopic (exact) mass is 246 g/mol. The summed E-state index contributed by atoms with van der Waals surface area (Å²) in [6.07, 6.45) is 5.17. The van der Waals surface area contributed by atoms with Crippen LogP contribution >= 0.6 is 0 Å². The number of hydrogen-bond acceptors (Lipinski definition) is 4. The van der Waals surface area contributed by atoms with E-state index >= 15 is 0 Å². The Kier molecular flexibility index (Phi) is 2.70. The van der Waals surface area contributed by atoms with Crippen molar-refractivity contribution in [2.75, 3.05) is 5.73 Å². The second kappa shape index (κ2) is 4.24. The summed E-state index contributed by atoms with van der Waals surface area (Å²) in [5.74, 6) is 0.535. The molecule has 2 aromatic heterocycles. The fraction of sp³-hybridized carbons (Fsp3) is 0.538. The van der Waals surface area contributed by atoms with Gasteiger partial charge in [0.1, 0.15) is 5.52 Å². The molecular formula is C13H18N4O. The van der Waals surface area contributed by atoms with Crippen LogP contribution in [0.2, 0.25) is 0 Å². The van der Waals surface area contributed by atoms with Crippen LogP contribution in [-0.2, 0) is 0 Å². The SMILES string of the molecule is Cc1ccnc2c1nc(N)n2C1CCC(O)CC1. The van der Waals surface area contributed by atoms with Crippen molar-refractivity contribution in [3.63, 3.8) is 0 Å². The van der Waals surface area contributed by atoms with E-state index < -0.39 is 0 Å². The molecule has 0 unspecified atom stereocenters. The topological polar surface area (TPSA) is 77.0 Å². The maximum absolute atomic E-state index is 9.58. The Morgan fingerprint density at radius 1 is 1.33 bits per heavy atom. The highest BCUT2D eigenvalue weighted by molar-refractivity contribution is 5.77. The summed E-state index contributed by atoms with van der Waals surface area (Å²) in [6.45, 7) is 2.02. The minimum absolute atomic E-state index is 0.160. The number of imidazole rings is 1. The van der Waals surface area contributed by atoms with Gasteiger partial charge in [-0.2, -0.15) is 0 Å². The molecule has 2 heterocycles. The Bertz CT molecular complexity index is 570. The Labute approximate surface area is 106 Å². The van der Waals surface area contributed by atoms with Crippen molar-refractivity contribution in [1.29, 1.82) is 0 Å². The lowest BCUT2D eigenvalue weighted by Gasteiger charge is -2.27. The van der Waals surface area contributed by atoms with Crippen molar-refractivity contribution in [1.82, 2.24) is 14.5 Å². The van der Waals surface area contributed by atoms with Crippen LogP contribution in [-0.4, -0.2) is 25.7 Å². The number of hydrogen-bond donors (Lipinski definition) is 2. The first-order valence-corrected chi connectivity index (χ1v) is 6.44. The summed E-state index contributed by atoms with van der Waals surface area (Å²) in [5.41, 5.74) is 8.89. The number of aliphatic hydroxyl groups excluding tert-OH is 1. The van der Waals surface area contributed by atoms with Crippen molar-refractivity contribution in [3.8, 4) is 0 Å². The molecule has 2 aromatic rings. The molecule has 0 radical (unpaired) electrons. The third kappa shape index (κ3) is 1.75. The average Bonchev–Trinajstić information content (AvgIpc) is 2.69. The summed E-state index contributed by atoms with van der Waals surface area (Å²) in [4.78, 5) is 8.84. The lowest BCUT2D eigenvalue weighted by Crippen LogP contribution is -2.22. The van der Waals surface area contributed by atoms with E-state index in [9.17, 15) is 5.11 Å². The molecule has 1 aliphatic rings. The van der Waals surface area contributed by atoms with E-state index in [-0.39, 0.29) is 6.10 Å². The number of aliphatic hydroxyl groups is 1. The van der Waals surface area contributed by atoms with Crippen molar-refractivity contribution in [2.24, 2.45) is 0 Å².